The van der Waals surface area contributed by atoms with Gasteiger partial charge in [-0.2, -0.15) is 0 Å². The van der Waals surface area contributed by atoms with Crippen molar-refractivity contribution in [2.75, 3.05) is 5.73 Å². The number of carbonyl (C=O) groups is 1. The Morgan fingerprint density at radius 3 is 2.78 bits per heavy atom. The van der Waals surface area contributed by atoms with Gasteiger partial charge in [0, 0.05) is 19.7 Å². The second-order valence-corrected chi connectivity index (χ2v) is 4.08. The highest BCUT2D eigenvalue weighted by atomic mass is 16.1. The molecule has 2 aromatic rings. The van der Waals surface area contributed by atoms with E-state index in [1.54, 1.807) is 6.20 Å². The molecule has 0 atom stereocenters. The van der Waals surface area contributed by atoms with Crippen LogP contribution in [0.1, 0.15) is 12.5 Å². The Kier molecular flexibility index (Phi) is 3.57. The van der Waals surface area contributed by atoms with Crippen LogP contribution in [0.5, 0.6) is 0 Å². The first-order valence-electron chi connectivity index (χ1n) is 5.70. The molecule has 92 valence electrons. The third kappa shape index (κ3) is 3.07. The quantitative estimate of drug-likeness (QED) is 0.863. The van der Waals surface area contributed by atoms with Crippen LogP contribution < -0.4 is 11.1 Å². The van der Waals surface area contributed by atoms with Gasteiger partial charge in [0.1, 0.15) is 5.82 Å². The van der Waals surface area contributed by atoms with E-state index in [-0.39, 0.29) is 5.91 Å². The standard InChI is InChI=1S/C14H15N3O/c1-10(18)17-9-11-3-2-4-12(7-11)13-5-6-16-14(15)8-13/h2-8H,9H2,1H3,(H2,15,16)(H,17,18). The number of amides is 1. The topological polar surface area (TPSA) is 68.0 Å². The summed E-state index contributed by atoms with van der Waals surface area (Å²) in [7, 11) is 0. The first kappa shape index (κ1) is 12.1. The average Bonchev–Trinajstić information content (AvgIpc) is 2.37. The summed E-state index contributed by atoms with van der Waals surface area (Å²) in [6, 6.07) is 11.7. The molecule has 1 amide bonds. The highest BCUT2D eigenvalue weighted by Gasteiger charge is 2.01. The minimum atomic E-state index is -0.0337. The van der Waals surface area contributed by atoms with E-state index in [0.717, 1.165) is 16.7 Å². The van der Waals surface area contributed by atoms with Crippen LogP contribution in [0, 0.1) is 0 Å². The van der Waals surface area contributed by atoms with E-state index in [9.17, 15) is 4.79 Å². The van der Waals surface area contributed by atoms with Gasteiger partial charge in [0.05, 0.1) is 0 Å². The lowest BCUT2D eigenvalue weighted by atomic mass is 10.0. The summed E-state index contributed by atoms with van der Waals surface area (Å²) in [6.07, 6.45) is 1.69. The largest absolute Gasteiger partial charge is 0.384 e. The fraction of sp³-hybridized carbons (Fsp3) is 0.143. The van der Waals surface area contributed by atoms with Crippen LogP contribution in [0.4, 0.5) is 5.82 Å². The fourth-order valence-electron chi connectivity index (χ4n) is 1.72. The molecule has 0 radical (unpaired) electrons. The van der Waals surface area contributed by atoms with Crippen molar-refractivity contribution in [2.45, 2.75) is 13.5 Å². The number of nitrogens with zero attached hydrogens (tertiary/aromatic N) is 1. The van der Waals surface area contributed by atoms with Gasteiger partial charge in [-0.15, -0.1) is 0 Å². The van der Waals surface area contributed by atoms with E-state index in [4.69, 9.17) is 5.73 Å². The van der Waals surface area contributed by atoms with Gasteiger partial charge in [-0.25, -0.2) is 4.98 Å². The fourth-order valence-corrected chi connectivity index (χ4v) is 1.72. The normalized spacial score (nSPS) is 10.1. The van der Waals surface area contributed by atoms with Crippen molar-refractivity contribution in [3.05, 3.63) is 48.2 Å². The van der Waals surface area contributed by atoms with Crippen molar-refractivity contribution in [2.24, 2.45) is 0 Å². The van der Waals surface area contributed by atoms with Gasteiger partial charge in [0.2, 0.25) is 5.91 Å². The van der Waals surface area contributed by atoms with Crippen molar-refractivity contribution in [1.82, 2.24) is 10.3 Å². The molecule has 0 spiro atoms. The molecular weight excluding hydrogens is 226 g/mol. The molecule has 3 N–H and O–H groups in total. The molecule has 0 aliphatic heterocycles. The lowest BCUT2D eigenvalue weighted by Gasteiger charge is -2.06. The van der Waals surface area contributed by atoms with Crippen molar-refractivity contribution in [3.63, 3.8) is 0 Å². The third-order valence-electron chi connectivity index (χ3n) is 2.58. The first-order chi connectivity index (χ1) is 8.65. The highest BCUT2D eigenvalue weighted by molar-refractivity contribution is 5.73. The Balaban J connectivity index is 2.24. The van der Waals surface area contributed by atoms with Crippen LogP contribution >= 0.6 is 0 Å². The number of anilines is 1. The molecule has 0 saturated heterocycles. The van der Waals surface area contributed by atoms with Gasteiger partial charge < -0.3 is 11.1 Å². The molecule has 0 aliphatic carbocycles. The Morgan fingerprint density at radius 2 is 2.06 bits per heavy atom. The molecule has 0 bridgehead atoms. The van der Waals surface area contributed by atoms with E-state index in [0.29, 0.717) is 12.4 Å². The summed E-state index contributed by atoms with van der Waals surface area (Å²) < 4.78 is 0. The maximum absolute atomic E-state index is 10.9. The Hall–Kier alpha value is -2.36. The maximum atomic E-state index is 10.9. The second kappa shape index (κ2) is 5.31. The van der Waals surface area contributed by atoms with Crippen LogP contribution in [0.3, 0.4) is 0 Å². The molecule has 1 aromatic heterocycles. The monoisotopic (exact) mass is 241 g/mol. The van der Waals surface area contributed by atoms with Crippen LogP contribution in [0.25, 0.3) is 11.1 Å². The molecular formula is C14H15N3O. The molecule has 0 unspecified atom stereocenters. The predicted molar refractivity (Wildman–Crippen MR) is 71.6 cm³/mol. The van der Waals surface area contributed by atoms with Gasteiger partial charge >= 0.3 is 0 Å². The minimum absolute atomic E-state index is 0.0337. The van der Waals surface area contributed by atoms with Crippen molar-refractivity contribution in [1.29, 1.82) is 0 Å². The van der Waals surface area contributed by atoms with Crippen LogP contribution in [0.2, 0.25) is 0 Å². The number of hydrogen-bond acceptors (Lipinski definition) is 3. The zero-order valence-electron chi connectivity index (χ0n) is 10.2. The molecule has 4 heteroatoms. The SMILES string of the molecule is CC(=O)NCc1cccc(-c2ccnc(N)c2)c1. The Morgan fingerprint density at radius 1 is 1.28 bits per heavy atom. The highest BCUT2D eigenvalue weighted by Crippen LogP contribution is 2.21. The molecule has 0 saturated carbocycles. The number of nitrogens with one attached hydrogen (secondary N) is 1. The summed E-state index contributed by atoms with van der Waals surface area (Å²) in [5.41, 5.74) is 8.80. The van der Waals surface area contributed by atoms with Gasteiger partial charge in [-0.05, 0) is 34.9 Å². The average molecular weight is 241 g/mol. The molecule has 1 aromatic carbocycles. The van der Waals surface area contributed by atoms with Crippen LogP contribution in [-0.4, -0.2) is 10.9 Å². The van der Waals surface area contributed by atoms with Gasteiger partial charge in [-0.3, -0.25) is 4.79 Å². The summed E-state index contributed by atoms with van der Waals surface area (Å²) >= 11 is 0. The van der Waals surface area contributed by atoms with Crippen molar-refractivity contribution < 1.29 is 4.79 Å². The summed E-state index contributed by atoms with van der Waals surface area (Å²) in [5.74, 6) is 0.466. The van der Waals surface area contributed by atoms with E-state index < -0.39 is 0 Å². The maximum Gasteiger partial charge on any atom is 0.217 e. The smallest absolute Gasteiger partial charge is 0.217 e. The molecule has 0 aliphatic rings. The van der Waals surface area contributed by atoms with Crippen LogP contribution in [0.15, 0.2) is 42.6 Å². The lowest BCUT2D eigenvalue weighted by Crippen LogP contribution is -2.18. The predicted octanol–water partition coefficient (Wildman–Crippen LogP) is 1.97. The summed E-state index contributed by atoms with van der Waals surface area (Å²) in [5, 5.41) is 2.78. The number of carbonyl (C=O) groups excluding carboxylic acids is 1. The molecule has 4 nitrogen and oxygen atoms in total. The van der Waals surface area contributed by atoms with E-state index in [1.165, 1.54) is 6.92 Å². The van der Waals surface area contributed by atoms with E-state index in [2.05, 4.69) is 10.3 Å². The Labute approximate surface area is 106 Å². The van der Waals surface area contributed by atoms with Gasteiger partial charge in [0.25, 0.3) is 0 Å². The third-order valence-corrected chi connectivity index (χ3v) is 2.58. The number of hydrogen-bond donors (Lipinski definition) is 2. The number of nitrogens with two attached hydrogens (primary N) is 1. The zero-order valence-corrected chi connectivity index (χ0v) is 10.2. The number of rotatable bonds is 3. The number of pyridine rings is 1. The summed E-state index contributed by atoms with van der Waals surface area (Å²) in [4.78, 5) is 14.8. The van der Waals surface area contributed by atoms with Crippen LogP contribution in [-0.2, 0) is 11.3 Å². The molecule has 0 fully saturated rings. The van der Waals surface area contributed by atoms with Crippen molar-refractivity contribution >= 4 is 11.7 Å². The molecule has 18 heavy (non-hydrogen) atoms. The van der Waals surface area contributed by atoms with E-state index in [1.807, 2.05) is 36.4 Å². The molecule has 2 rings (SSSR count). The minimum Gasteiger partial charge on any atom is -0.384 e. The number of benzene rings is 1. The number of aromatic nitrogens is 1. The summed E-state index contributed by atoms with van der Waals surface area (Å²) in [6.45, 7) is 2.04. The number of nitrogen functional groups attached to an aromatic ring is 1. The van der Waals surface area contributed by atoms with Crippen molar-refractivity contribution in [3.8, 4) is 11.1 Å². The van der Waals surface area contributed by atoms with Gasteiger partial charge in [0.15, 0.2) is 0 Å². The zero-order chi connectivity index (χ0) is 13.0. The lowest BCUT2D eigenvalue weighted by molar-refractivity contribution is -0.119. The Bertz CT molecular complexity index is 566. The van der Waals surface area contributed by atoms with Gasteiger partial charge in [-0.1, -0.05) is 18.2 Å². The van der Waals surface area contributed by atoms with E-state index >= 15 is 0 Å². The first-order valence-corrected chi connectivity index (χ1v) is 5.70. The second-order valence-electron chi connectivity index (χ2n) is 4.08. The molecule has 1 heterocycles.